The number of nitrogens with one attached hydrogen (secondary N) is 1. The molecule has 1 unspecified atom stereocenters. The fraction of sp³-hybridized carbons (Fsp3) is 0.800. The first-order chi connectivity index (χ1) is 3.80. The summed E-state index contributed by atoms with van der Waals surface area (Å²) in [5.41, 5.74) is 0. The summed E-state index contributed by atoms with van der Waals surface area (Å²) in [7, 11) is 0. The second-order valence-electron chi connectivity index (χ2n) is 1.99. The van der Waals surface area contributed by atoms with Crippen LogP contribution in [0.3, 0.4) is 0 Å². The van der Waals surface area contributed by atoms with Crippen molar-refractivity contribution in [2.24, 2.45) is 0 Å². The normalized spacial score (nSPS) is 25.1. The van der Waals surface area contributed by atoms with Gasteiger partial charge in [0, 0.05) is 0 Å². The summed E-state index contributed by atoms with van der Waals surface area (Å²) in [6.45, 7) is 0.858. The van der Waals surface area contributed by atoms with Crippen LogP contribution in [-0.4, -0.2) is 23.7 Å². The molecule has 1 aliphatic heterocycles. The summed E-state index contributed by atoms with van der Waals surface area (Å²) in [6.07, 6.45) is 1.78. The fourth-order valence-corrected chi connectivity index (χ4v) is 0.895. The van der Waals surface area contributed by atoms with Crippen molar-refractivity contribution in [3.05, 3.63) is 0 Å². The van der Waals surface area contributed by atoms with Crippen LogP contribution in [0.2, 0.25) is 0 Å². The van der Waals surface area contributed by atoms with Gasteiger partial charge in [0.15, 0.2) is 0 Å². The molecular weight excluding hydrogens is 113 g/mol. The van der Waals surface area contributed by atoms with Crippen LogP contribution >= 0.6 is 0 Å². The Hall–Kier alpha value is 0.0274. The minimum atomic E-state index is -0.720. The molecule has 1 fully saturated rings. The summed E-state index contributed by atoms with van der Waals surface area (Å²) in [5, 5.41) is 11.2. The molecule has 0 amide bonds. The van der Waals surface area contributed by atoms with Crippen LogP contribution in [0.5, 0.6) is 0 Å². The van der Waals surface area contributed by atoms with Crippen molar-refractivity contribution in [3.8, 4) is 0 Å². The van der Waals surface area contributed by atoms with Crippen LogP contribution in [0.1, 0.15) is 14.3 Å². The molecule has 1 heterocycles. The van der Waals surface area contributed by atoms with Crippen molar-refractivity contribution >= 4 is 5.97 Å². The van der Waals surface area contributed by atoms with Gasteiger partial charge >= 0.3 is 24.8 Å². The van der Waals surface area contributed by atoms with Gasteiger partial charge in [0.05, 0.1) is 0 Å². The van der Waals surface area contributed by atoms with Crippen molar-refractivity contribution in [3.63, 3.8) is 0 Å². The number of carboxylic acids is 1. The summed E-state index contributed by atoms with van der Waals surface area (Å²) < 4.78 is 0. The Morgan fingerprint density at radius 1 is 1.78 bits per heavy atom. The van der Waals surface area contributed by atoms with Crippen LogP contribution in [0, 0.1) is 0 Å². The molecule has 0 bridgehead atoms. The molecule has 0 spiro atoms. The zero-order valence-electron chi connectivity index (χ0n) is 6.55. The van der Waals surface area contributed by atoms with E-state index in [9.17, 15) is 4.79 Å². The van der Waals surface area contributed by atoms with Gasteiger partial charge in [0.25, 0.3) is 0 Å². The van der Waals surface area contributed by atoms with E-state index in [1.165, 1.54) is 0 Å². The number of rotatable bonds is 1. The molecule has 1 rings (SSSR count). The smallest absolute Gasteiger partial charge is 1.00 e. The molecule has 0 aromatic carbocycles. The third kappa shape index (κ3) is 2.40. The Morgan fingerprint density at radius 2 is 2.44 bits per heavy atom. The molecule has 0 saturated carbocycles. The van der Waals surface area contributed by atoms with Crippen LogP contribution in [0.15, 0.2) is 0 Å². The first-order valence-electron chi connectivity index (χ1n) is 2.77. The number of carboxylic acid groups (broad SMARTS) is 1. The Kier molecular flexibility index (Phi) is 3.95. The summed E-state index contributed by atoms with van der Waals surface area (Å²) in [6, 6.07) is -0.269. The molecule has 0 aliphatic carbocycles. The SMILES string of the molecule is O=C(O)C1CCCN1.[H-].[Li+]. The Bertz CT molecular complexity index is 106. The van der Waals surface area contributed by atoms with Crippen molar-refractivity contribution < 1.29 is 30.2 Å². The molecule has 2 N–H and O–H groups in total. The molecule has 48 valence electrons. The van der Waals surface area contributed by atoms with Crippen LogP contribution in [0.4, 0.5) is 0 Å². The van der Waals surface area contributed by atoms with Crippen molar-refractivity contribution in [1.29, 1.82) is 0 Å². The zero-order valence-corrected chi connectivity index (χ0v) is 5.55. The van der Waals surface area contributed by atoms with Crippen molar-refractivity contribution in [2.75, 3.05) is 6.54 Å². The summed E-state index contributed by atoms with van der Waals surface area (Å²) in [4.78, 5) is 10.1. The molecular formula is C5H10LiNO2. The molecule has 4 heteroatoms. The predicted octanol–water partition coefficient (Wildman–Crippen LogP) is -3.06. The maximum atomic E-state index is 10.1. The molecule has 1 saturated heterocycles. The Balaban J connectivity index is 0. The fourth-order valence-electron chi connectivity index (χ4n) is 0.895. The molecule has 1 aliphatic rings. The quantitative estimate of drug-likeness (QED) is 0.364. The zero-order chi connectivity index (χ0) is 5.98. The van der Waals surface area contributed by atoms with Gasteiger partial charge < -0.3 is 11.8 Å². The van der Waals surface area contributed by atoms with Gasteiger partial charge in [-0.15, -0.1) is 0 Å². The number of hydrogen-bond acceptors (Lipinski definition) is 2. The van der Waals surface area contributed by atoms with Gasteiger partial charge in [-0.2, -0.15) is 0 Å². The van der Waals surface area contributed by atoms with Gasteiger partial charge in [-0.25, -0.2) is 0 Å². The third-order valence-electron chi connectivity index (χ3n) is 1.36. The van der Waals surface area contributed by atoms with E-state index in [4.69, 9.17) is 5.11 Å². The maximum absolute atomic E-state index is 10.1. The Labute approximate surface area is 67.5 Å². The van der Waals surface area contributed by atoms with E-state index >= 15 is 0 Å². The molecule has 0 aromatic rings. The number of carbonyl (C=O) groups is 1. The van der Waals surface area contributed by atoms with E-state index < -0.39 is 5.97 Å². The maximum Gasteiger partial charge on any atom is 1.00 e. The van der Waals surface area contributed by atoms with Gasteiger partial charge in [0.2, 0.25) is 0 Å². The van der Waals surface area contributed by atoms with E-state index in [0.29, 0.717) is 0 Å². The first-order valence-corrected chi connectivity index (χ1v) is 2.77. The predicted molar refractivity (Wildman–Crippen MR) is 29.8 cm³/mol. The van der Waals surface area contributed by atoms with Gasteiger partial charge in [-0.3, -0.25) is 4.79 Å². The van der Waals surface area contributed by atoms with E-state index in [1.807, 2.05) is 0 Å². The second kappa shape index (κ2) is 3.94. The second-order valence-corrected chi connectivity index (χ2v) is 1.99. The van der Waals surface area contributed by atoms with Crippen LogP contribution in [0.25, 0.3) is 0 Å². The molecule has 0 radical (unpaired) electrons. The van der Waals surface area contributed by atoms with Crippen LogP contribution < -0.4 is 24.2 Å². The first kappa shape index (κ1) is 9.03. The average molecular weight is 123 g/mol. The minimum absolute atomic E-state index is 0. The van der Waals surface area contributed by atoms with Gasteiger partial charge in [-0.1, -0.05) is 0 Å². The summed E-state index contributed by atoms with van der Waals surface area (Å²) in [5.74, 6) is -0.720. The molecule has 1 atom stereocenters. The summed E-state index contributed by atoms with van der Waals surface area (Å²) >= 11 is 0. The van der Waals surface area contributed by atoms with Crippen molar-refractivity contribution in [2.45, 2.75) is 18.9 Å². The number of aliphatic carboxylic acids is 1. The number of hydrogen-bond donors (Lipinski definition) is 2. The standard InChI is InChI=1S/C5H9NO2.Li.H/c7-5(8)4-2-1-3-6-4;;/h4,6H,1-3H2,(H,7,8);;/q;+1;-1. The monoisotopic (exact) mass is 123 g/mol. The molecule has 9 heavy (non-hydrogen) atoms. The molecule has 0 aromatic heterocycles. The van der Waals surface area contributed by atoms with E-state index in [0.717, 1.165) is 19.4 Å². The van der Waals surface area contributed by atoms with Gasteiger partial charge in [0.1, 0.15) is 6.04 Å². The molecule has 3 nitrogen and oxygen atoms in total. The van der Waals surface area contributed by atoms with Gasteiger partial charge in [-0.05, 0) is 19.4 Å². The van der Waals surface area contributed by atoms with Crippen molar-refractivity contribution in [1.82, 2.24) is 5.32 Å². The Morgan fingerprint density at radius 3 is 2.67 bits per heavy atom. The van der Waals surface area contributed by atoms with E-state index in [2.05, 4.69) is 5.32 Å². The largest absolute Gasteiger partial charge is 1.00 e. The average Bonchev–Trinajstić information content (AvgIpc) is 2.12. The van der Waals surface area contributed by atoms with Crippen LogP contribution in [-0.2, 0) is 4.79 Å². The topological polar surface area (TPSA) is 49.3 Å². The van der Waals surface area contributed by atoms with E-state index in [-0.39, 0.29) is 26.3 Å². The third-order valence-corrected chi connectivity index (χ3v) is 1.36. The minimum Gasteiger partial charge on any atom is -1.00 e. The van der Waals surface area contributed by atoms with E-state index in [1.54, 1.807) is 0 Å².